The van der Waals surface area contributed by atoms with Gasteiger partial charge in [0, 0.05) is 18.2 Å². The zero-order valence-corrected chi connectivity index (χ0v) is 10.7. The van der Waals surface area contributed by atoms with Crippen LogP contribution in [0.5, 0.6) is 0 Å². The number of hydrogen-bond acceptors (Lipinski definition) is 2. The molecule has 2 rings (SSSR count). The van der Waals surface area contributed by atoms with E-state index in [9.17, 15) is 4.39 Å². The first-order chi connectivity index (χ1) is 8.56. The largest absolute Gasteiger partial charge is 0.384 e. The molecule has 1 aromatic rings. The first kappa shape index (κ1) is 13.0. The van der Waals surface area contributed by atoms with Gasteiger partial charge in [-0.3, -0.25) is 10.3 Å². The molecule has 0 bridgehead atoms. The van der Waals surface area contributed by atoms with E-state index in [2.05, 4.69) is 11.8 Å². The first-order valence-electron chi connectivity index (χ1n) is 6.44. The van der Waals surface area contributed by atoms with E-state index in [1.165, 1.54) is 31.4 Å². The second kappa shape index (κ2) is 5.48. The highest BCUT2D eigenvalue weighted by atomic mass is 19.1. The second-order valence-electron chi connectivity index (χ2n) is 5.08. The summed E-state index contributed by atoms with van der Waals surface area (Å²) in [6.07, 6.45) is 3.69. The van der Waals surface area contributed by atoms with Crippen LogP contribution in [0.2, 0.25) is 0 Å². The maximum Gasteiger partial charge on any atom is 0.124 e. The molecular weight excluding hydrogens is 229 g/mol. The van der Waals surface area contributed by atoms with Crippen molar-refractivity contribution in [2.45, 2.75) is 38.8 Å². The summed E-state index contributed by atoms with van der Waals surface area (Å²) >= 11 is 0. The van der Waals surface area contributed by atoms with Crippen LogP contribution in [-0.4, -0.2) is 23.3 Å². The lowest BCUT2D eigenvalue weighted by molar-refractivity contribution is 0.152. The van der Waals surface area contributed by atoms with Crippen LogP contribution in [0.4, 0.5) is 4.39 Å². The van der Waals surface area contributed by atoms with E-state index in [1.54, 1.807) is 0 Å². The molecule has 3 N–H and O–H groups in total. The molecule has 0 amide bonds. The van der Waals surface area contributed by atoms with Crippen molar-refractivity contribution in [3.05, 3.63) is 35.1 Å². The van der Waals surface area contributed by atoms with Gasteiger partial charge in [-0.25, -0.2) is 4.39 Å². The van der Waals surface area contributed by atoms with Gasteiger partial charge in [-0.2, -0.15) is 0 Å². The Morgan fingerprint density at radius 3 is 2.89 bits per heavy atom. The van der Waals surface area contributed by atoms with Gasteiger partial charge in [-0.15, -0.1) is 0 Å². The van der Waals surface area contributed by atoms with E-state index >= 15 is 0 Å². The van der Waals surface area contributed by atoms with Crippen LogP contribution in [-0.2, 0) is 6.54 Å². The molecule has 0 spiro atoms. The number of nitrogens with zero attached hydrogens (tertiary/aromatic N) is 1. The van der Waals surface area contributed by atoms with E-state index in [4.69, 9.17) is 11.1 Å². The van der Waals surface area contributed by atoms with Gasteiger partial charge < -0.3 is 5.73 Å². The van der Waals surface area contributed by atoms with Crippen LogP contribution in [0.25, 0.3) is 0 Å². The highest BCUT2D eigenvalue weighted by Gasteiger charge is 2.18. The molecular formula is C14H20FN3. The summed E-state index contributed by atoms with van der Waals surface area (Å²) in [7, 11) is 0. The molecule has 1 fully saturated rings. The van der Waals surface area contributed by atoms with Gasteiger partial charge in [0.1, 0.15) is 11.7 Å². The molecule has 1 atom stereocenters. The van der Waals surface area contributed by atoms with Crippen LogP contribution in [0, 0.1) is 11.2 Å². The molecule has 1 heterocycles. The normalized spacial score (nSPS) is 20.9. The van der Waals surface area contributed by atoms with E-state index in [1.807, 2.05) is 6.07 Å². The fraction of sp³-hybridized carbons (Fsp3) is 0.500. The Morgan fingerprint density at radius 1 is 1.44 bits per heavy atom. The lowest BCUT2D eigenvalue weighted by atomic mass is 10.0. The Kier molecular flexibility index (Phi) is 3.97. The molecule has 0 aromatic heterocycles. The SMILES string of the molecule is CC1CCCCN1Cc1cc(F)cc(C(=N)N)c1. The molecule has 0 radical (unpaired) electrons. The van der Waals surface area contributed by atoms with Gasteiger partial charge in [0.05, 0.1) is 0 Å². The minimum Gasteiger partial charge on any atom is -0.384 e. The molecule has 0 saturated carbocycles. The van der Waals surface area contributed by atoms with E-state index in [-0.39, 0.29) is 11.7 Å². The number of amidine groups is 1. The molecule has 98 valence electrons. The third-order valence-electron chi connectivity index (χ3n) is 3.59. The van der Waals surface area contributed by atoms with Crippen molar-refractivity contribution < 1.29 is 4.39 Å². The predicted octanol–water partition coefficient (Wildman–Crippen LogP) is 2.48. The fourth-order valence-corrected chi connectivity index (χ4v) is 2.52. The number of piperidine rings is 1. The average Bonchev–Trinajstić information content (AvgIpc) is 2.31. The smallest absolute Gasteiger partial charge is 0.124 e. The van der Waals surface area contributed by atoms with Crippen molar-refractivity contribution in [3.8, 4) is 0 Å². The Bertz CT molecular complexity index is 445. The number of hydrogen-bond donors (Lipinski definition) is 2. The van der Waals surface area contributed by atoms with Gasteiger partial charge in [0.25, 0.3) is 0 Å². The Labute approximate surface area is 107 Å². The summed E-state index contributed by atoms with van der Waals surface area (Å²) in [5.41, 5.74) is 6.78. The van der Waals surface area contributed by atoms with Crippen molar-refractivity contribution in [2.75, 3.05) is 6.54 Å². The highest BCUT2D eigenvalue weighted by molar-refractivity contribution is 5.95. The van der Waals surface area contributed by atoms with Gasteiger partial charge in [-0.1, -0.05) is 6.42 Å². The van der Waals surface area contributed by atoms with Gasteiger partial charge >= 0.3 is 0 Å². The monoisotopic (exact) mass is 249 g/mol. The minimum absolute atomic E-state index is 0.0811. The molecule has 1 aromatic carbocycles. The fourth-order valence-electron chi connectivity index (χ4n) is 2.52. The summed E-state index contributed by atoms with van der Waals surface area (Å²) in [5, 5.41) is 7.39. The Morgan fingerprint density at radius 2 is 2.22 bits per heavy atom. The van der Waals surface area contributed by atoms with Crippen molar-refractivity contribution >= 4 is 5.84 Å². The number of likely N-dealkylation sites (tertiary alicyclic amines) is 1. The molecule has 1 aliphatic heterocycles. The predicted molar refractivity (Wildman–Crippen MR) is 71.1 cm³/mol. The Balaban J connectivity index is 2.15. The topological polar surface area (TPSA) is 53.1 Å². The minimum atomic E-state index is -0.317. The molecule has 4 heteroatoms. The summed E-state index contributed by atoms with van der Waals surface area (Å²) in [6.45, 7) is 4.01. The number of nitrogens with one attached hydrogen (secondary N) is 1. The van der Waals surface area contributed by atoms with Crippen LogP contribution in [0.1, 0.15) is 37.3 Å². The molecule has 1 saturated heterocycles. The quantitative estimate of drug-likeness (QED) is 0.638. The molecule has 18 heavy (non-hydrogen) atoms. The van der Waals surface area contributed by atoms with Crippen LogP contribution < -0.4 is 5.73 Å². The maximum atomic E-state index is 13.5. The Hall–Kier alpha value is -1.42. The second-order valence-corrected chi connectivity index (χ2v) is 5.08. The lowest BCUT2D eigenvalue weighted by Gasteiger charge is -2.33. The zero-order chi connectivity index (χ0) is 13.1. The number of nitrogen functional groups attached to an aromatic ring is 1. The summed E-state index contributed by atoms with van der Waals surface area (Å²) in [6, 6.07) is 5.20. The van der Waals surface area contributed by atoms with Crippen LogP contribution in [0.3, 0.4) is 0 Å². The molecule has 1 unspecified atom stereocenters. The van der Waals surface area contributed by atoms with Crippen molar-refractivity contribution in [1.82, 2.24) is 4.90 Å². The van der Waals surface area contributed by atoms with E-state index in [0.29, 0.717) is 11.6 Å². The van der Waals surface area contributed by atoms with Crippen molar-refractivity contribution in [3.63, 3.8) is 0 Å². The summed E-state index contributed by atoms with van der Waals surface area (Å²) in [5.74, 6) is -0.398. The molecule has 0 aliphatic carbocycles. The van der Waals surface area contributed by atoms with E-state index < -0.39 is 0 Å². The van der Waals surface area contributed by atoms with Crippen molar-refractivity contribution in [2.24, 2.45) is 5.73 Å². The molecule has 1 aliphatic rings. The third kappa shape index (κ3) is 3.07. The van der Waals surface area contributed by atoms with Crippen LogP contribution in [0.15, 0.2) is 18.2 Å². The third-order valence-corrected chi connectivity index (χ3v) is 3.59. The van der Waals surface area contributed by atoms with Crippen LogP contribution >= 0.6 is 0 Å². The maximum absolute atomic E-state index is 13.5. The zero-order valence-electron chi connectivity index (χ0n) is 10.7. The van der Waals surface area contributed by atoms with Gasteiger partial charge in [0.2, 0.25) is 0 Å². The van der Waals surface area contributed by atoms with Gasteiger partial charge in [-0.05, 0) is 50.1 Å². The standard InChI is InChI=1S/C14H20FN3/c1-10-4-2-3-5-18(10)9-11-6-12(14(16)17)8-13(15)7-11/h6-8,10H,2-5,9H2,1H3,(H3,16,17). The first-order valence-corrected chi connectivity index (χ1v) is 6.44. The van der Waals surface area contributed by atoms with E-state index in [0.717, 1.165) is 18.7 Å². The molecule has 3 nitrogen and oxygen atoms in total. The average molecular weight is 249 g/mol. The number of benzene rings is 1. The summed E-state index contributed by atoms with van der Waals surface area (Å²) in [4.78, 5) is 2.36. The summed E-state index contributed by atoms with van der Waals surface area (Å²) < 4.78 is 13.5. The number of rotatable bonds is 3. The lowest BCUT2D eigenvalue weighted by Crippen LogP contribution is -2.36. The number of nitrogens with two attached hydrogens (primary N) is 1. The highest BCUT2D eigenvalue weighted by Crippen LogP contribution is 2.20. The number of halogens is 1. The van der Waals surface area contributed by atoms with Crippen molar-refractivity contribution in [1.29, 1.82) is 5.41 Å². The van der Waals surface area contributed by atoms with Gasteiger partial charge in [0.15, 0.2) is 0 Å².